The van der Waals surface area contributed by atoms with Crippen molar-refractivity contribution in [3.63, 3.8) is 0 Å². The summed E-state index contributed by atoms with van der Waals surface area (Å²) in [5, 5.41) is 8.26. The molecular formula is C12H12BIrN8. The first-order chi connectivity index (χ1) is 10.3. The van der Waals surface area contributed by atoms with Gasteiger partial charge in [0.1, 0.15) is 12.7 Å². The van der Waals surface area contributed by atoms with Gasteiger partial charge in [0, 0.05) is 34.2 Å². The summed E-state index contributed by atoms with van der Waals surface area (Å²) in [6.45, 7) is 0. The Morgan fingerprint density at radius 3 is 1.64 bits per heavy atom. The van der Waals surface area contributed by atoms with Gasteiger partial charge in [-0.3, -0.25) is 0 Å². The van der Waals surface area contributed by atoms with Crippen LogP contribution in [0.15, 0.2) is 36.9 Å². The molecule has 0 unspecified atom stereocenters. The third kappa shape index (κ3) is 2.11. The molecule has 1 aromatic carbocycles. The fourth-order valence-corrected chi connectivity index (χ4v) is 2.45. The molecule has 0 N–H and O–H groups in total. The summed E-state index contributed by atoms with van der Waals surface area (Å²) in [5.74, 6) is 1.49. The van der Waals surface area contributed by atoms with Crippen LogP contribution in [0.3, 0.4) is 0 Å². The largest absolute Gasteiger partial charge is 0.406 e. The Kier molecular flexibility index (Phi) is 3.71. The second-order valence-corrected chi connectivity index (χ2v) is 4.71. The van der Waals surface area contributed by atoms with Crippen LogP contribution >= 0.6 is 0 Å². The predicted octanol–water partition coefficient (Wildman–Crippen LogP) is 0.765. The second-order valence-electron chi connectivity index (χ2n) is 4.71. The Bertz CT molecular complexity index is 735. The van der Waals surface area contributed by atoms with E-state index in [1.807, 2.05) is 55.5 Å². The molecule has 0 saturated heterocycles. The maximum absolute atomic E-state index is 4.31. The van der Waals surface area contributed by atoms with Gasteiger partial charge in [-0.15, -0.1) is 0 Å². The van der Waals surface area contributed by atoms with E-state index >= 15 is 0 Å². The Labute approximate surface area is 141 Å². The number of para-hydroxylation sites is 2. The van der Waals surface area contributed by atoms with Crippen LogP contribution in [0.2, 0.25) is 0 Å². The van der Waals surface area contributed by atoms with Crippen LogP contribution in [0, 0.1) is 0 Å². The van der Waals surface area contributed by atoms with Crippen molar-refractivity contribution >= 4 is 30.8 Å². The summed E-state index contributed by atoms with van der Waals surface area (Å²) < 4.78 is 3.46. The molecule has 0 saturated carbocycles. The molecule has 112 valence electrons. The number of aromatic nitrogens is 6. The first-order valence-electron chi connectivity index (χ1n) is 6.46. The zero-order valence-corrected chi connectivity index (χ0v) is 14.3. The smallest absolute Gasteiger partial charge is 0.335 e. The van der Waals surface area contributed by atoms with Crippen molar-refractivity contribution in [1.29, 1.82) is 0 Å². The van der Waals surface area contributed by atoms with Crippen molar-refractivity contribution in [1.82, 2.24) is 29.5 Å². The van der Waals surface area contributed by atoms with E-state index in [4.69, 9.17) is 0 Å². The van der Waals surface area contributed by atoms with Gasteiger partial charge in [0.15, 0.2) is 0 Å². The summed E-state index contributed by atoms with van der Waals surface area (Å²) in [7, 11) is 5.67. The van der Waals surface area contributed by atoms with Crippen LogP contribution in [-0.2, 0) is 34.2 Å². The zero-order chi connectivity index (χ0) is 14.4. The molecule has 2 radical (unpaired) electrons. The van der Waals surface area contributed by atoms with E-state index in [1.54, 1.807) is 9.36 Å². The first-order valence-corrected chi connectivity index (χ1v) is 6.46. The van der Waals surface area contributed by atoms with Gasteiger partial charge in [-0.2, -0.15) is 10.2 Å². The van der Waals surface area contributed by atoms with Crippen LogP contribution in [0.1, 0.15) is 0 Å². The Hall–Kier alpha value is -2.19. The van der Waals surface area contributed by atoms with E-state index in [1.165, 1.54) is 12.7 Å². The maximum Gasteiger partial charge on any atom is 0.406 e. The van der Waals surface area contributed by atoms with Gasteiger partial charge in [-0.05, 0) is 12.1 Å². The SMILES string of the molecule is Cn1ncnc1N1[B]N(c2ncnn2C)c2ccccc21.[Ir]. The van der Waals surface area contributed by atoms with Crippen molar-refractivity contribution in [3.05, 3.63) is 36.9 Å². The average Bonchev–Trinajstić information content (AvgIpc) is 3.17. The molecule has 4 rings (SSSR count). The molecule has 22 heavy (non-hydrogen) atoms. The molecule has 2 aromatic heterocycles. The van der Waals surface area contributed by atoms with Crippen LogP contribution < -0.4 is 9.62 Å². The van der Waals surface area contributed by atoms with Gasteiger partial charge in [0.05, 0.1) is 11.4 Å². The first kappa shape index (κ1) is 14.7. The Morgan fingerprint density at radius 1 is 0.818 bits per heavy atom. The number of aryl methyl sites for hydroxylation is 2. The summed E-state index contributed by atoms with van der Waals surface area (Å²) in [4.78, 5) is 12.6. The van der Waals surface area contributed by atoms with Crippen LogP contribution in [0.5, 0.6) is 0 Å². The summed E-state index contributed by atoms with van der Waals surface area (Å²) in [5.41, 5.74) is 2.05. The van der Waals surface area contributed by atoms with Gasteiger partial charge in [0.2, 0.25) is 11.9 Å². The minimum absolute atomic E-state index is 0. The molecule has 0 aliphatic carbocycles. The molecule has 10 heteroatoms. The monoisotopic (exact) mass is 472 g/mol. The molecule has 8 nitrogen and oxygen atoms in total. The number of anilines is 4. The van der Waals surface area contributed by atoms with E-state index in [2.05, 4.69) is 20.2 Å². The maximum atomic E-state index is 4.31. The molecule has 3 aromatic rings. The topological polar surface area (TPSA) is 67.9 Å². The van der Waals surface area contributed by atoms with Crippen LogP contribution in [0.4, 0.5) is 23.3 Å². The molecule has 3 heterocycles. The van der Waals surface area contributed by atoms with E-state index in [0.29, 0.717) is 0 Å². The fourth-order valence-electron chi connectivity index (χ4n) is 2.45. The zero-order valence-electron chi connectivity index (χ0n) is 12.0. The minimum Gasteiger partial charge on any atom is -0.335 e. The van der Waals surface area contributed by atoms with E-state index in [0.717, 1.165) is 23.3 Å². The normalized spacial score (nSPS) is 12.8. The predicted molar refractivity (Wildman–Crippen MR) is 78.5 cm³/mol. The van der Waals surface area contributed by atoms with Crippen LogP contribution in [-0.4, -0.2) is 37.1 Å². The van der Waals surface area contributed by atoms with E-state index in [9.17, 15) is 0 Å². The second kappa shape index (κ2) is 5.54. The quantitative estimate of drug-likeness (QED) is 0.515. The molecular weight excluding hydrogens is 459 g/mol. The van der Waals surface area contributed by atoms with Crippen molar-refractivity contribution in [2.24, 2.45) is 14.1 Å². The number of rotatable bonds is 2. The number of nitrogens with zero attached hydrogens (tertiary/aromatic N) is 8. The summed E-state index contributed by atoms with van der Waals surface area (Å²) >= 11 is 0. The molecule has 0 bridgehead atoms. The van der Waals surface area contributed by atoms with Crippen molar-refractivity contribution < 1.29 is 20.1 Å². The standard InChI is InChI=1S/C12H12BN8.Ir/c1-18-11(14-7-16-18)20-9-5-3-4-6-10(9)21(13-20)12-15-8-17-19(12)2;/h3-8H,1-2H3;. The third-order valence-corrected chi connectivity index (χ3v) is 3.44. The molecule has 0 atom stereocenters. The minimum atomic E-state index is 0. The van der Waals surface area contributed by atoms with E-state index < -0.39 is 0 Å². The number of hydrogen-bond donors (Lipinski definition) is 0. The van der Waals surface area contributed by atoms with Crippen LogP contribution in [0.25, 0.3) is 0 Å². The van der Waals surface area contributed by atoms with E-state index in [-0.39, 0.29) is 20.1 Å². The summed E-state index contributed by atoms with van der Waals surface area (Å²) in [6, 6.07) is 8.07. The number of hydrogen-bond acceptors (Lipinski definition) is 6. The molecule has 0 fully saturated rings. The fraction of sp³-hybridized carbons (Fsp3) is 0.167. The van der Waals surface area contributed by atoms with Gasteiger partial charge in [-0.25, -0.2) is 19.3 Å². The van der Waals surface area contributed by atoms with Crippen molar-refractivity contribution in [2.45, 2.75) is 0 Å². The third-order valence-electron chi connectivity index (χ3n) is 3.44. The average molecular weight is 471 g/mol. The van der Waals surface area contributed by atoms with Crippen molar-refractivity contribution in [3.8, 4) is 0 Å². The van der Waals surface area contributed by atoms with Gasteiger partial charge in [0.25, 0.3) is 0 Å². The summed E-state index contributed by atoms with van der Waals surface area (Å²) in [6.07, 6.45) is 3.08. The Morgan fingerprint density at radius 2 is 1.27 bits per heavy atom. The molecule has 0 spiro atoms. The van der Waals surface area contributed by atoms with Gasteiger partial charge < -0.3 is 9.62 Å². The molecule has 1 aliphatic heterocycles. The molecule has 1 aliphatic rings. The van der Waals surface area contributed by atoms with Gasteiger partial charge >= 0.3 is 7.55 Å². The van der Waals surface area contributed by atoms with Gasteiger partial charge in [-0.1, -0.05) is 12.1 Å². The number of fused-ring (bicyclic) bond motifs is 1. The number of benzene rings is 1. The van der Waals surface area contributed by atoms with Crippen molar-refractivity contribution in [2.75, 3.05) is 9.62 Å². The molecule has 0 amide bonds. The Balaban J connectivity index is 0.00000144.